The van der Waals surface area contributed by atoms with Crippen molar-refractivity contribution in [2.45, 2.75) is 59.3 Å². The number of hydrogen-bond donors (Lipinski definition) is 0. The van der Waals surface area contributed by atoms with Gasteiger partial charge in [-0.05, 0) is 33.6 Å². The fourth-order valence-corrected chi connectivity index (χ4v) is 1.91. The molecule has 0 spiro atoms. The molecule has 0 unspecified atom stereocenters. The number of ether oxygens (including phenoxy) is 3. The number of hydrogen-bond acceptors (Lipinski definition) is 8. The van der Waals surface area contributed by atoms with Gasteiger partial charge in [0.25, 0.3) is 0 Å². The lowest BCUT2D eigenvalue weighted by Gasteiger charge is -2.26. The first-order valence-electron chi connectivity index (χ1n) is 9.19. The van der Waals surface area contributed by atoms with Crippen molar-refractivity contribution in [3.8, 4) is 0 Å². The number of ketones is 2. The van der Waals surface area contributed by atoms with Crippen LogP contribution in [0.2, 0.25) is 0 Å². The molecule has 0 aromatic carbocycles. The van der Waals surface area contributed by atoms with Crippen molar-refractivity contribution in [2.24, 2.45) is 5.41 Å². The van der Waals surface area contributed by atoms with Gasteiger partial charge in [-0.25, -0.2) is 0 Å². The van der Waals surface area contributed by atoms with E-state index in [9.17, 15) is 24.0 Å². The van der Waals surface area contributed by atoms with Gasteiger partial charge in [0.1, 0.15) is 30.2 Å². The maximum absolute atomic E-state index is 12.4. The minimum atomic E-state index is -1.40. The largest absolute Gasteiger partial charge is 0.465 e. The molecule has 0 rings (SSSR count). The van der Waals surface area contributed by atoms with E-state index in [0.717, 1.165) is 0 Å². The van der Waals surface area contributed by atoms with E-state index in [0.29, 0.717) is 12.8 Å². The average molecular weight is 398 g/mol. The molecule has 0 saturated heterocycles. The lowest BCUT2D eigenvalue weighted by Crippen LogP contribution is -2.40. The van der Waals surface area contributed by atoms with E-state index in [4.69, 9.17) is 14.2 Å². The van der Waals surface area contributed by atoms with Gasteiger partial charge in [0.2, 0.25) is 0 Å². The molecule has 158 valence electrons. The average Bonchev–Trinajstić information content (AvgIpc) is 2.64. The summed E-state index contributed by atoms with van der Waals surface area (Å²) in [6, 6.07) is 0. The summed E-state index contributed by atoms with van der Waals surface area (Å²) in [5.74, 6) is -2.25. The summed E-state index contributed by atoms with van der Waals surface area (Å²) in [4.78, 5) is 57.8. The van der Waals surface area contributed by atoms with Crippen molar-refractivity contribution in [3.05, 3.63) is 12.7 Å². The number of allylic oxidation sites excluding steroid dienone is 1. The van der Waals surface area contributed by atoms with E-state index in [2.05, 4.69) is 6.58 Å². The van der Waals surface area contributed by atoms with Gasteiger partial charge in [0.05, 0.1) is 19.4 Å². The van der Waals surface area contributed by atoms with Gasteiger partial charge in [-0.3, -0.25) is 14.4 Å². The van der Waals surface area contributed by atoms with Crippen LogP contribution in [0.3, 0.4) is 0 Å². The molecule has 0 aromatic heterocycles. The fourth-order valence-electron chi connectivity index (χ4n) is 1.91. The van der Waals surface area contributed by atoms with Crippen LogP contribution in [-0.4, -0.2) is 49.3 Å². The molecular weight excluding hydrogens is 368 g/mol. The van der Waals surface area contributed by atoms with E-state index in [-0.39, 0.29) is 57.1 Å². The maximum atomic E-state index is 12.4. The molecule has 0 N–H and O–H groups in total. The summed E-state index contributed by atoms with van der Waals surface area (Å²) in [5.41, 5.74) is -1.40. The van der Waals surface area contributed by atoms with E-state index in [1.807, 2.05) is 0 Å². The molecule has 0 atom stereocenters. The molecule has 0 aliphatic rings. The highest BCUT2D eigenvalue weighted by molar-refractivity contribution is 5.82. The summed E-state index contributed by atoms with van der Waals surface area (Å²) in [6.07, 6.45) is 2.84. The second kappa shape index (κ2) is 13.6. The van der Waals surface area contributed by atoms with Crippen LogP contribution in [0.1, 0.15) is 59.3 Å². The van der Waals surface area contributed by atoms with Crippen molar-refractivity contribution in [3.63, 3.8) is 0 Å². The Morgan fingerprint density at radius 3 is 1.68 bits per heavy atom. The minimum absolute atomic E-state index is 0.0432. The van der Waals surface area contributed by atoms with Gasteiger partial charge in [-0.2, -0.15) is 0 Å². The molecule has 0 heterocycles. The SMILES string of the molecule is C=CCCCOC(=O)C(C)(COC(=O)CCC(C)=O)COC(=O)CCC(C)=O. The summed E-state index contributed by atoms with van der Waals surface area (Å²) >= 11 is 0. The van der Waals surface area contributed by atoms with Gasteiger partial charge in [0, 0.05) is 12.8 Å². The summed E-state index contributed by atoms with van der Waals surface area (Å²) in [5, 5.41) is 0. The first-order valence-corrected chi connectivity index (χ1v) is 9.19. The van der Waals surface area contributed by atoms with E-state index >= 15 is 0 Å². The van der Waals surface area contributed by atoms with Gasteiger partial charge < -0.3 is 23.8 Å². The minimum Gasteiger partial charge on any atom is -0.465 e. The Kier molecular flexibility index (Phi) is 12.4. The highest BCUT2D eigenvalue weighted by Gasteiger charge is 2.38. The highest BCUT2D eigenvalue weighted by Crippen LogP contribution is 2.21. The number of Topliss-reactive ketones (excluding diaryl/α,β-unsaturated/α-hetero) is 2. The van der Waals surface area contributed by atoms with Crippen LogP contribution in [-0.2, 0) is 38.2 Å². The monoisotopic (exact) mass is 398 g/mol. The zero-order chi connectivity index (χ0) is 21.6. The third-order valence-electron chi connectivity index (χ3n) is 3.74. The maximum Gasteiger partial charge on any atom is 0.318 e. The third kappa shape index (κ3) is 12.0. The Balaban J connectivity index is 4.82. The van der Waals surface area contributed by atoms with E-state index < -0.39 is 23.3 Å². The lowest BCUT2D eigenvalue weighted by molar-refractivity contribution is -0.170. The zero-order valence-electron chi connectivity index (χ0n) is 16.9. The third-order valence-corrected chi connectivity index (χ3v) is 3.74. The van der Waals surface area contributed by atoms with Gasteiger partial charge in [-0.1, -0.05) is 6.08 Å². The van der Waals surface area contributed by atoms with Crippen molar-refractivity contribution in [2.75, 3.05) is 19.8 Å². The molecule has 0 saturated carbocycles. The number of esters is 3. The van der Waals surface area contributed by atoms with Crippen molar-refractivity contribution >= 4 is 29.5 Å². The highest BCUT2D eigenvalue weighted by atomic mass is 16.6. The molecule has 0 radical (unpaired) electrons. The van der Waals surface area contributed by atoms with Crippen LogP contribution in [0.4, 0.5) is 0 Å². The Labute approximate surface area is 165 Å². The van der Waals surface area contributed by atoms with Crippen molar-refractivity contribution < 1.29 is 38.2 Å². The predicted octanol–water partition coefficient (Wildman–Crippen LogP) is 2.33. The Morgan fingerprint density at radius 2 is 1.29 bits per heavy atom. The quantitative estimate of drug-likeness (QED) is 0.179. The molecule has 0 aromatic rings. The van der Waals surface area contributed by atoms with Crippen LogP contribution in [0.5, 0.6) is 0 Å². The topological polar surface area (TPSA) is 113 Å². The Hall–Kier alpha value is -2.51. The Bertz CT molecular complexity index is 545. The van der Waals surface area contributed by atoms with E-state index in [1.54, 1.807) is 6.08 Å². The van der Waals surface area contributed by atoms with Gasteiger partial charge in [-0.15, -0.1) is 6.58 Å². The summed E-state index contributed by atoms with van der Waals surface area (Å²) in [7, 11) is 0. The molecule has 0 aliphatic heterocycles. The van der Waals surface area contributed by atoms with Crippen molar-refractivity contribution in [1.29, 1.82) is 0 Å². The van der Waals surface area contributed by atoms with E-state index in [1.165, 1.54) is 20.8 Å². The first kappa shape index (κ1) is 25.5. The van der Waals surface area contributed by atoms with Crippen LogP contribution in [0.25, 0.3) is 0 Å². The number of rotatable bonds is 15. The fraction of sp³-hybridized carbons (Fsp3) is 0.650. The molecule has 28 heavy (non-hydrogen) atoms. The smallest absolute Gasteiger partial charge is 0.318 e. The Morgan fingerprint density at radius 1 is 0.821 bits per heavy atom. The lowest BCUT2D eigenvalue weighted by atomic mass is 9.93. The molecule has 8 nitrogen and oxygen atoms in total. The van der Waals surface area contributed by atoms with Crippen molar-refractivity contribution in [1.82, 2.24) is 0 Å². The molecular formula is C20H30O8. The number of carbonyl (C=O) groups is 5. The van der Waals surface area contributed by atoms with Gasteiger partial charge >= 0.3 is 17.9 Å². The predicted molar refractivity (Wildman–Crippen MR) is 100 cm³/mol. The summed E-state index contributed by atoms with van der Waals surface area (Å²) < 4.78 is 15.4. The molecule has 0 amide bonds. The standard InChI is InChI=1S/C20H30O8/c1-5-6-7-12-26-19(25)20(4,13-27-17(23)10-8-15(2)21)14-28-18(24)11-9-16(3)22/h5H,1,6-14H2,2-4H3. The zero-order valence-corrected chi connectivity index (χ0v) is 16.9. The number of carbonyl (C=O) groups excluding carboxylic acids is 5. The van der Waals surface area contributed by atoms with Crippen LogP contribution in [0.15, 0.2) is 12.7 Å². The van der Waals surface area contributed by atoms with Crippen LogP contribution >= 0.6 is 0 Å². The van der Waals surface area contributed by atoms with Crippen LogP contribution in [0, 0.1) is 5.41 Å². The second-order valence-electron chi connectivity index (χ2n) is 6.85. The normalized spacial score (nSPS) is 10.7. The molecule has 0 aliphatic carbocycles. The number of unbranched alkanes of at least 4 members (excludes halogenated alkanes) is 1. The molecule has 0 fully saturated rings. The molecule has 8 heteroatoms. The van der Waals surface area contributed by atoms with Gasteiger partial charge in [0.15, 0.2) is 0 Å². The molecule has 0 bridgehead atoms. The summed E-state index contributed by atoms with van der Waals surface area (Å²) in [6.45, 7) is 7.19. The first-order chi connectivity index (χ1) is 13.1. The van der Waals surface area contributed by atoms with Crippen LogP contribution < -0.4 is 0 Å². The second-order valence-corrected chi connectivity index (χ2v) is 6.85.